The second kappa shape index (κ2) is 6.91. The lowest BCUT2D eigenvalue weighted by Crippen LogP contribution is -2.21. The van der Waals surface area contributed by atoms with Gasteiger partial charge in [-0.15, -0.1) is 0 Å². The Morgan fingerprint density at radius 3 is 2.17 bits per heavy atom. The molecule has 2 rings (SSSR count). The molecule has 5 nitrogen and oxygen atoms in total. The number of methoxy groups -OCH3 is 1. The number of carbonyl (C=O) groups is 2. The molecule has 0 fully saturated rings. The summed E-state index contributed by atoms with van der Waals surface area (Å²) in [6, 6.07) is 10.4. The van der Waals surface area contributed by atoms with Crippen LogP contribution in [0.15, 0.2) is 42.5 Å². The Labute approximate surface area is 133 Å². The highest BCUT2D eigenvalue weighted by atomic mass is 19.1. The number of nitrogens with one attached hydrogen (secondary N) is 1. The average molecular weight is 316 g/mol. The van der Waals surface area contributed by atoms with Crippen molar-refractivity contribution in [3.05, 3.63) is 59.4 Å². The molecule has 0 saturated carbocycles. The van der Waals surface area contributed by atoms with Crippen LogP contribution < -0.4 is 10.1 Å². The summed E-state index contributed by atoms with van der Waals surface area (Å²) in [5, 5.41) is 2.65. The monoisotopic (exact) mass is 316 g/mol. The van der Waals surface area contributed by atoms with Crippen molar-refractivity contribution in [2.75, 3.05) is 26.5 Å². The fourth-order valence-electron chi connectivity index (χ4n) is 1.97. The number of benzene rings is 2. The number of carbonyl (C=O) groups excluding carboxylic acids is 2. The van der Waals surface area contributed by atoms with Crippen LogP contribution in [-0.4, -0.2) is 37.9 Å². The van der Waals surface area contributed by atoms with Gasteiger partial charge in [0, 0.05) is 30.9 Å². The molecule has 2 aromatic carbocycles. The molecule has 2 amide bonds. The van der Waals surface area contributed by atoms with E-state index in [9.17, 15) is 14.0 Å². The number of nitrogens with zero attached hydrogens (tertiary/aromatic N) is 1. The van der Waals surface area contributed by atoms with E-state index in [1.165, 1.54) is 24.1 Å². The molecule has 0 radical (unpaired) electrons. The first-order chi connectivity index (χ1) is 10.9. The van der Waals surface area contributed by atoms with E-state index in [0.29, 0.717) is 11.3 Å². The fraction of sp³-hybridized carbons (Fsp3) is 0.176. The van der Waals surface area contributed by atoms with Gasteiger partial charge in [-0.3, -0.25) is 9.59 Å². The van der Waals surface area contributed by atoms with Crippen LogP contribution in [-0.2, 0) is 0 Å². The van der Waals surface area contributed by atoms with Crippen LogP contribution in [0.2, 0.25) is 0 Å². The number of anilines is 1. The van der Waals surface area contributed by atoms with Crippen LogP contribution in [0, 0.1) is 5.82 Å². The molecule has 0 spiro atoms. The van der Waals surface area contributed by atoms with Gasteiger partial charge in [0.05, 0.1) is 7.11 Å². The largest absolute Gasteiger partial charge is 0.494 e. The third-order valence-corrected chi connectivity index (χ3v) is 3.21. The van der Waals surface area contributed by atoms with Gasteiger partial charge >= 0.3 is 0 Å². The number of hydrogen-bond donors (Lipinski definition) is 1. The Hall–Kier alpha value is -2.89. The highest BCUT2D eigenvalue weighted by Gasteiger charge is 2.11. The minimum atomic E-state index is -0.605. The molecule has 1 N–H and O–H groups in total. The van der Waals surface area contributed by atoms with E-state index >= 15 is 0 Å². The third kappa shape index (κ3) is 3.85. The third-order valence-electron chi connectivity index (χ3n) is 3.21. The summed E-state index contributed by atoms with van der Waals surface area (Å²) >= 11 is 0. The standard InChI is InChI=1S/C17H17FN2O3/c1-20(2)17(22)11-4-7-13(8-5-11)19-16(21)12-6-9-15(23-3)14(18)10-12/h4-10H,1-3H3,(H,19,21). The zero-order chi connectivity index (χ0) is 17.0. The predicted octanol–water partition coefficient (Wildman–Crippen LogP) is 2.79. The lowest BCUT2D eigenvalue weighted by Gasteiger charge is -2.11. The van der Waals surface area contributed by atoms with Crippen LogP contribution in [0.4, 0.5) is 10.1 Å². The zero-order valence-corrected chi connectivity index (χ0v) is 13.1. The maximum absolute atomic E-state index is 13.6. The van der Waals surface area contributed by atoms with Crippen molar-refractivity contribution in [3.8, 4) is 5.75 Å². The molecule has 6 heteroatoms. The van der Waals surface area contributed by atoms with E-state index in [1.807, 2.05) is 0 Å². The molecule has 2 aromatic rings. The molecule has 0 heterocycles. The van der Waals surface area contributed by atoms with Gasteiger partial charge < -0.3 is 15.0 Å². The maximum atomic E-state index is 13.6. The Morgan fingerprint density at radius 2 is 1.65 bits per heavy atom. The molecule has 0 saturated heterocycles. The van der Waals surface area contributed by atoms with Crippen molar-refractivity contribution in [2.45, 2.75) is 0 Å². The summed E-state index contributed by atoms with van der Waals surface area (Å²) in [5.74, 6) is -1.10. The summed E-state index contributed by atoms with van der Waals surface area (Å²) < 4.78 is 18.4. The van der Waals surface area contributed by atoms with E-state index in [4.69, 9.17) is 4.74 Å². The Morgan fingerprint density at radius 1 is 1.04 bits per heavy atom. The molecule has 0 aliphatic heterocycles. The van der Waals surface area contributed by atoms with Gasteiger partial charge in [0.15, 0.2) is 11.6 Å². The molecular weight excluding hydrogens is 299 g/mol. The molecule has 0 atom stereocenters. The number of halogens is 1. The second-order valence-electron chi connectivity index (χ2n) is 5.08. The van der Waals surface area contributed by atoms with Gasteiger partial charge in [-0.05, 0) is 42.5 Å². The predicted molar refractivity (Wildman–Crippen MR) is 85.4 cm³/mol. The summed E-state index contributed by atoms with van der Waals surface area (Å²) in [7, 11) is 4.68. The van der Waals surface area contributed by atoms with Crippen molar-refractivity contribution in [3.63, 3.8) is 0 Å². The zero-order valence-electron chi connectivity index (χ0n) is 13.1. The Balaban J connectivity index is 2.11. The number of hydrogen-bond acceptors (Lipinski definition) is 3. The fourth-order valence-corrected chi connectivity index (χ4v) is 1.97. The normalized spacial score (nSPS) is 10.1. The van der Waals surface area contributed by atoms with Crippen molar-refractivity contribution in [1.29, 1.82) is 0 Å². The van der Waals surface area contributed by atoms with E-state index < -0.39 is 11.7 Å². The van der Waals surface area contributed by atoms with Gasteiger partial charge in [-0.1, -0.05) is 0 Å². The van der Waals surface area contributed by atoms with Gasteiger partial charge in [0.2, 0.25) is 0 Å². The van der Waals surface area contributed by atoms with Crippen molar-refractivity contribution >= 4 is 17.5 Å². The quantitative estimate of drug-likeness (QED) is 0.943. The first-order valence-corrected chi connectivity index (χ1v) is 6.89. The SMILES string of the molecule is COc1ccc(C(=O)Nc2ccc(C(=O)N(C)C)cc2)cc1F. The van der Waals surface area contributed by atoms with Crippen molar-refractivity contribution in [1.82, 2.24) is 4.90 Å². The average Bonchev–Trinajstić information content (AvgIpc) is 2.54. The van der Waals surface area contributed by atoms with E-state index in [1.54, 1.807) is 38.4 Å². The summed E-state index contributed by atoms with van der Waals surface area (Å²) in [4.78, 5) is 25.3. The summed E-state index contributed by atoms with van der Waals surface area (Å²) in [6.07, 6.45) is 0. The minimum Gasteiger partial charge on any atom is -0.494 e. The topological polar surface area (TPSA) is 58.6 Å². The minimum absolute atomic E-state index is 0.0769. The van der Waals surface area contributed by atoms with Crippen LogP contribution in [0.5, 0.6) is 5.75 Å². The summed E-state index contributed by atoms with van der Waals surface area (Å²) in [6.45, 7) is 0. The lowest BCUT2D eigenvalue weighted by atomic mass is 10.1. The molecule has 23 heavy (non-hydrogen) atoms. The highest BCUT2D eigenvalue weighted by molar-refractivity contribution is 6.04. The first-order valence-electron chi connectivity index (χ1n) is 6.89. The van der Waals surface area contributed by atoms with Gasteiger partial charge in [-0.2, -0.15) is 0 Å². The molecule has 0 aliphatic rings. The molecule has 0 bridgehead atoms. The smallest absolute Gasteiger partial charge is 0.255 e. The highest BCUT2D eigenvalue weighted by Crippen LogP contribution is 2.19. The maximum Gasteiger partial charge on any atom is 0.255 e. The summed E-state index contributed by atoms with van der Waals surface area (Å²) in [5.41, 5.74) is 1.21. The number of amides is 2. The van der Waals surface area contributed by atoms with Gasteiger partial charge in [-0.25, -0.2) is 4.39 Å². The van der Waals surface area contributed by atoms with Crippen LogP contribution in [0.1, 0.15) is 20.7 Å². The molecule has 120 valence electrons. The van der Waals surface area contributed by atoms with Gasteiger partial charge in [0.25, 0.3) is 11.8 Å². The van der Waals surface area contributed by atoms with Crippen LogP contribution in [0.3, 0.4) is 0 Å². The van der Waals surface area contributed by atoms with Crippen molar-refractivity contribution < 1.29 is 18.7 Å². The number of ether oxygens (including phenoxy) is 1. The Bertz CT molecular complexity index is 727. The Kier molecular flexibility index (Phi) is 4.95. The van der Waals surface area contributed by atoms with Crippen LogP contribution in [0.25, 0.3) is 0 Å². The van der Waals surface area contributed by atoms with Crippen LogP contribution >= 0.6 is 0 Å². The molecule has 0 aromatic heterocycles. The van der Waals surface area contributed by atoms with E-state index in [0.717, 1.165) is 6.07 Å². The first kappa shape index (κ1) is 16.5. The van der Waals surface area contributed by atoms with E-state index in [-0.39, 0.29) is 17.2 Å². The second-order valence-corrected chi connectivity index (χ2v) is 5.08. The van der Waals surface area contributed by atoms with E-state index in [2.05, 4.69) is 5.32 Å². The lowest BCUT2D eigenvalue weighted by molar-refractivity contribution is 0.0827. The molecule has 0 aliphatic carbocycles. The number of rotatable bonds is 4. The van der Waals surface area contributed by atoms with Gasteiger partial charge in [0.1, 0.15) is 0 Å². The molecular formula is C17H17FN2O3. The molecule has 0 unspecified atom stereocenters. The van der Waals surface area contributed by atoms with Crippen molar-refractivity contribution in [2.24, 2.45) is 0 Å².